The van der Waals surface area contributed by atoms with E-state index in [4.69, 9.17) is 4.74 Å². The van der Waals surface area contributed by atoms with Gasteiger partial charge in [0.2, 0.25) is 0 Å². The lowest BCUT2D eigenvalue weighted by Gasteiger charge is -2.36. The third-order valence-corrected chi connectivity index (χ3v) is 6.67. The van der Waals surface area contributed by atoms with Crippen LogP contribution in [0.2, 0.25) is 0 Å². The van der Waals surface area contributed by atoms with Crippen LogP contribution in [-0.4, -0.2) is 42.4 Å². The zero-order valence-electron chi connectivity index (χ0n) is 16.9. The van der Waals surface area contributed by atoms with E-state index in [0.717, 1.165) is 43.9 Å². The average Bonchev–Trinajstić information content (AvgIpc) is 2.63. The highest BCUT2D eigenvalue weighted by molar-refractivity contribution is 5.29. The summed E-state index contributed by atoms with van der Waals surface area (Å²) < 4.78 is 5.97. The number of ether oxygens (including phenoxy) is 1. The molecule has 1 saturated carbocycles. The first-order valence-electron chi connectivity index (χ1n) is 10.6. The molecule has 0 radical (unpaired) electrons. The maximum atomic E-state index is 10.4. The van der Waals surface area contributed by atoms with Crippen LogP contribution >= 0.6 is 0 Å². The summed E-state index contributed by atoms with van der Waals surface area (Å²) in [6.07, 6.45) is 4.68. The zero-order valence-corrected chi connectivity index (χ0v) is 16.9. The predicted octanol–water partition coefficient (Wildman–Crippen LogP) is 4.13. The Morgan fingerprint density at radius 3 is 2.73 bits per heavy atom. The maximum absolute atomic E-state index is 10.4. The van der Waals surface area contributed by atoms with Gasteiger partial charge in [-0.3, -0.25) is 4.90 Å². The molecule has 0 saturated heterocycles. The van der Waals surface area contributed by atoms with Gasteiger partial charge < -0.3 is 9.84 Å². The SMILES string of the molecule is CC(C)C1CCC(C)C(COCC(O)CN2CCc3ccccc3C2)C1. The average molecular weight is 360 g/mol. The van der Waals surface area contributed by atoms with Crippen molar-refractivity contribution in [3.05, 3.63) is 35.4 Å². The summed E-state index contributed by atoms with van der Waals surface area (Å²) in [5.74, 6) is 3.03. The minimum atomic E-state index is -0.389. The highest BCUT2D eigenvalue weighted by Gasteiger charge is 2.29. The van der Waals surface area contributed by atoms with Crippen LogP contribution < -0.4 is 0 Å². The molecule has 0 spiro atoms. The van der Waals surface area contributed by atoms with E-state index >= 15 is 0 Å². The lowest BCUT2D eigenvalue weighted by Crippen LogP contribution is -2.38. The zero-order chi connectivity index (χ0) is 18.5. The first-order chi connectivity index (χ1) is 12.5. The van der Waals surface area contributed by atoms with Crippen molar-refractivity contribution in [1.82, 2.24) is 4.90 Å². The molecule has 1 aromatic rings. The molecular formula is C23H37NO2. The van der Waals surface area contributed by atoms with Crippen LogP contribution in [0.4, 0.5) is 0 Å². The predicted molar refractivity (Wildman–Crippen MR) is 107 cm³/mol. The number of rotatable bonds is 7. The highest BCUT2D eigenvalue weighted by atomic mass is 16.5. The molecule has 3 nitrogen and oxygen atoms in total. The summed E-state index contributed by atoms with van der Waals surface area (Å²) in [4.78, 5) is 2.36. The molecule has 2 aliphatic rings. The van der Waals surface area contributed by atoms with Crippen molar-refractivity contribution in [2.75, 3.05) is 26.3 Å². The van der Waals surface area contributed by atoms with Crippen LogP contribution in [0, 0.1) is 23.7 Å². The lowest BCUT2D eigenvalue weighted by molar-refractivity contribution is -0.0156. The van der Waals surface area contributed by atoms with Crippen LogP contribution in [0.15, 0.2) is 24.3 Å². The molecule has 3 rings (SSSR count). The van der Waals surface area contributed by atoms with Gasteiger partial charge in [-0.1, -0.05) is 51.5 Å². The smallest absolute Gasteiger partial charge is 0.0900 e. The number of aliphatic hydroxyl groups is 1. The fourth-order valence-corrected chi connectivity index (χ4v) is 4.71. The van der Waals surface area contributed by atoms with Gasteiger partial charge in [0.15, 0.2) is 0 Å². The molecule has 4 atom stereocenters. The van der Waals surface area contributed by atoms with Gasteiger partial charge in [-0.25, -0.2) is 0 Å². The van der Waals surface area contributed by atoms with E-state index in [0.29, 0.717) is 19.1 Å². The number of aliphatic hydroxyl groups excluding tert-OH is 1. The molecule has 1 fully saturated rings. The molecule has 4 unspecified atom stereocenters. The Balaban J connectivity index is 1.38. The molecule has 1 aliphatic heterocycles. The first-order valence-corrected chi connectivity index (χ1v) is 10.6. The number of hydrogen-bond donors (Lipinski definition) is 1. The maximum Gasteiger partial charge on any atom is 0.0900 e. The normalized spacial score (nSPS) is 28.1. The van der Waals surface area contributed by atoms with E-state index in [9.17, 15) is 5.11 Å². The van der Waals surface area contributed by atoms with E-state index in [1.807, 2.05) is 0 Å². The molecule has 0 amide bonds. The van der Waals surface area contributed by atoms with E-state index in [1.165, 1.54) is 30.4 Å². The minimum absolute atomic E-state index is 0.389. The molecule has 0 bridgehead atoms. The standard InChI is InChI=1S/C23H37NO2/c1-17(2)20-9-8-18(3)22(12-20)15-26-16-23(25)14-24-11-10-19-6-4-5-7-21(19)13-24/h4-7,17-18,20,22-23,25H,8-16H2,1-3H3. The molecule has 26 heavy (non-hydrogen) atoms. The van der Waals surface area contributed by atoms with Gasteiger partial charge in [-0.2, -0.15) is 0 Å². The highest BCUT2D eigenvalue weighted by Crippen LogP contribution is 2.37. The summed E-state index contributed by atoms with van der Waals surface area (Å²) in [5.41, 5.74) is 2.86. The molecule has 0 aromatic heterocycles. The van der Waals surface area contributed by atoms with E-state index in [-0.39, 0.29) is 6.10 Å². The number of hydrogen-bond acceptors (Lipinski definition) is 3. The Morgan fingerprint density at radius 1 is 1.19 bits per heavy atom. The monoisotopic (exact) mass is 359 g/mol. The summed E-state index contributed by atoms with van der Waals surface area (Å²) in [6.45, 7) is 11.0. The summed E-state index contributed by atoms with van der Waals surface area (Å²) in [7, 11) is 0. The molecule has 3 heteroatoms. The van der Waals surface area contributed by atoms with Crippen LogP contribution in [0.3, 0.4) is 0 Å². The molecule has 1 aromatic carbocycles. The van der Waals surface area contributed by atoms with Gasteiger partial charge in [-0.15, -0.1) is 0 Å². The van der Waals surface area contributed by atoms with Gasteiger partial charge in [0.25, 0.3) is 0 Å². The second-order valence-corrected chi connectivity index (χ2v) is 9.00. The first kappa shape index (κ1) is 19.9. The fraction of sp³-hybridized carbons (Fsp3) is 0.739. The van der Waals surface area contributed by atoms with Crippen molar-refractivity contribution in [3.63, 3.8) is 0 Å². The van der Waals surface area contributed by atoms with Crippen molar-refractivity contribution in [1.29, 1.82) is 0 Å². The van der Waals surface area contributed by atoms with Gasteiger partial charge >= 0.3 is 0 Å². The molecule has 146 valence electrons. The number of fused-ring (bicyclic) bond motifs is 1. The van der Waals surface area contributed by atoms with Crippen molar-refractivity contribution >= 4 is 0 Å². The second-order valence-electron chi connectivity index (χ2n) is 9.00. The van der Waals surface area contributed by atoms with Gasteiger partial charge in [-0.05, 0) is 54.1 Å². The molecular weight excluding hydrogens is 322 g/mol. The van der Waals surface area contributed by atoms with Crippen molar-refractivity contribution in [2.45, 2.75) is 59.1 Å². The van der Waals surface area contributed by atoms with Gasteiger partial charge in [0.1, 0.15) is 0 Å². The van der Waals surface area contributed by atoms with E-state index in [1.54, 1.807) is 0 Å². The van der Waals surface area contributed by atoms with Crippen molar-refractivity contribution < 1.29 is 9.84 Å². The Bertz CT molecular complexity index is 559. The van der Waals surface area contributed by atoms with Crippen LogP contribution in [0.5, 0.6) is 0 Å². The van der Waals surface area contributed by atoms with Crippen LogP contribution in [0.25, 0.3) is 0 Å². The van der Waals surface area contributed by atoms with Gasteiger partial charge in [0.05, 0.1) is 12.7 Å². The van der Waals surface area contributed by atoms with Crippen LogP contribution in [0.1, 0.15) is 51.2 Å². The van der Waals surface area contributed by atoms with Gasteiger partial charge in [0, 0.05) is 26.2 Å². The largest absolute Gasteiger partial charge is 0.389 e. The molecule has 1 aliphatic carbocycles. The minimum Gasteiger partial charge on any atom is -0.389 e. The summed E-state index contributed by atoms with van der Waals surface area (Å²) in [6, 6.07) is 8.66. The third kappa shape index (κ3) is 5.31. The van der Waals surface area contributed by atoms with E-state index < -0.39 is 0 Å². The molecule has 1 N–H and O–H groups in total. The lowest BCUT2D eigenvalue weighted by atomic mass is 9.71. The quantitative estimate of drug-likeness (QED) is 0.794. The van der Waals surface area contributed by atoms with E-state index in [2.05, 4.69) is 49.9 Å². The Morgan fingerprint density at radius 2 is 1.96 bits per heavy atom. The van der Waals surface area contributed by atoms with Crippen molar-refractivity contribution in [3.8, 4) is 0 Å². The fourth-order valence-electron chi connectivity index (χ4n) is 4.71. The summed E-state index contributed by atoms with van der Waals surface area (Å²) >= 11 is 0. The number of nitrogens with zero attached hydrogens (tertiary/aromatic N) is 1. The van der Waals surface area contributed by atoms with Crippen LogP contribution in [-0.2, 0) is 17.7 Å². The Hall–Kier alpha value is -0.900. The second kappa shape index (κ2) is 9.34. The number of β-amino-alcohol motifs (C(OH)–C–C–N with tert-alkyl or cyclic N) is 1. The molecule has 1 heterocycles. The third-order valence-electron chi connectivity index (χ3n) is 6.67. The Kier molecular flexibility index (Phi) is 7.13. The van der Waals surface area contributed by atoms with Crippen molar-refractivity contribution in [2.24, 2.45) is 23.7 Å². The Labute approximate surface area is 159 Å². The number of benzene rings is 1. The summed E-state index contributed by atoms with van der Waals surface area (Å²) in [5, 5.41) is 10.4. The topological polar surface area (TPSA) is 32.7 Å².